The highest BCUT2D eigenvalue weighted by Crippen LogP contribution is 2.24. The van der Waals surface area contributed by atoms with Crippen LogP contribution in [0.25, 0.3) is 0 Å². The molecule has 0 amide bonds. The van der Waals surface area contributed by atoms with Crippen LogP contribution in [0.4, 0.5) is 0 Å². The van der Waals surface area contributed by atoms with Gasteiger partial charge in [0.25, 0.3) is 0 Å². The highest BCUT2D eigenvalue weighted by molar-refractivity contribution is 4.86. The van der Waals surface area contributed by atoms with Crippen molar-refractivity contribution in [3.8, 4) is 0 Å². The van der Waals surface area contributed by atoms with Crippen LogP contribution in [0, 0.1) is 0 Å². The quantitative estimate of drug-likeness (QED) is 0.334. The van der Waals surface area contributed by atoms with Crippen LogP contribution in [0.2, 0.25) is 0 Å². The van der Waals surface area contributed by atoms with E-state index in [1.54, 1.807) is 0 Å². The third kappa shape index (κ3) is 9.25. The molecular weight excluding hydrogens is 260 g/mol. The first kappa shape index (κ1) is 16.9. The lowest BCUT2D eigenvalue weighted by Crippen LogP contribution is -2.26. The average molecular weight is 294 g/mol. The first-order valence-electron chi connectivity index (χ1n) is 8.86. The predicted molar refractivity (Wildman–Crippen MR) is 90.8 cm³/mol. The van der Waals surface area contributed by atoms with Gasteiger partial charge in [-0.05, 0) is 71.8 Å². The molecule has 0 bridgehead atoms. The molecule has 0 saturated heterocycles. The molecule has 2 aliphatic carbocycles. The third-order valence-electron chi connectivity index (χ3n) is 4.27. The van der Waals surface area contributed by atoms with Gasteiger partial charge in [-0.2, -0.15) is 0 Å². The summed E-state index contributed by atoms with van der Waals surface area (Å²) in [6.45, 7) is 6.64. The van der Waals surface area contributed by atoms with Gasteiger partial charge in [-0.1, -0.05) is 12.2 Å². The number of hydrogen-bond acceptors (Lipinski definition) is 4. The van der Waals surface area contributed by atoms with Crippen molar-refractivity contribution in [2.24, 2.45) is 0 Å². The van der Waals surface area contributed by atoms with Crippen LogP contribution in [0.15, 0.2) is 12.2 Å². The van der Waals surface area contributed by atoms with Crippen molar-refractivity contribution < 1.29 is 0 Å². The van der Waals surface area contributed by atoms with Crippen molar-refractivity contribution in [3.63, 3.8) is 0 Å². The molecule has 4 nitrogen and oxygen atoms in total. The van der Waals surface area contributed by atoms with E-state index in [-0.39, 0.29) is 0 Å². The Morgan fingerprint density at radius 2 is 1.57 bits per heavy atom. The molecule has 2 rings (SSSR count). The number of nitrogens with one attached hydrogen (secondary N) is 3. The summed E-state index contributed by atoms with van der Waals surface area (Å²) in [6, 6.07) is 1.75. The Labute approximate surface area is 130 Å². The first-order chi connectivity index (χ1) is 10.4. The van der Waals surface area contributed by atoms with Crippen molar-refractivity contribution in [2.75, 3.05) is 46.3 Å². The lowest BCUT2D eigenvalue weighted by molar-refractivity contribution is 0.318. The maximum Gasteiger partial charge on any atom is 0.0135 e. The Kier molecular flexibility index (Phi) is 8.33. The maximum atomic E-state index is 3.53. The Hall–Kier alpha value is -0.420. The van der Waals surface area contributed by atoms with Gasteiger partial charge in [0.1, 0.15) is 0 Å². The van der Waals surface area contributed by atoms with Crippen LogP contribution < -0.4 is 16.0 Å². The van der Waals surface area contributed by atoms with E-state index in [1.807, 2.05) is 0 Å². The predicted octanol–water partition coefficient (Wildman–Crippen LogP) is 1.35. The molecule has 21 heavy (non-hydrogen) atoms. The lowest BCUT2D eigenvalue weighted by atomic mass is 10.3. The lowest BCUT2D eigenvalue weighted by Gasteiger charge is -2.14. The van der Waals surface area contributed by atoms with Gasteiger partial charge in [0.15, 0.2) is 0 Å². The summed E-state index contributed by atoms with van der Waals surface area (Å²) in [6.07, 6.45) is 12.6. The largest absolute Gasteiger partial charge is 0.314 e. The first-order valence-corrected chi connectivity index (χ1v) is 8.86. The Morgan fingerprint density at radius 1 is 0.905 bits per heavy atom. The van der Waals surface area contributed by atoms with Crippen molar-refractivity contribution >= 4 is 0 Å². The fourth-order valence-electron chi connectivity index (χ4n) is 2.50. The fraction of sp³-hybridized carbons (Fsp3) is 0.882. The zero-order chi connectivity index (χ0) is 14.8. The third-order valence-corrected chi connectivity index (χ3v) is 4.27. The molecular formula is C17H34N4. The molecule has 0 spiro atoms. The minimum absolute atomic E-state index is 0.847. The fourth-order valence-corrected chi connectivity index (χ4v) is 2.50. The molecule has 0 aromatic rings. The van der Waals surface area contributed by atoms with Crippen LogP contribution in [0.5, 0.6) is 0 Å². The van der Waals surface area contributed by atoms with Gasteiger partial charge in [0.2, 0.25) is 0 Å². The van der Waals surface area contributed by atoms with Gasteiger partial charge in [0.05, 0.1) is 0 Å². The van der Waals surface area contributed by atoms with Crippen LogP contribution in [-0.2, 0) is 0 Å². The Balaban J connectivity index is 1.25. The molecule has 0 unspecified atom stereocenters. The van der Waals surface area contributed by atoms with Gasteiger partial charge in [-0.3, -0.25) is 0 Å². The van der Waals surface area contributed by atoms with Crippen molar-refractivity contribution in [1.29, 1.82) is 0 Å². The summed E-state index contributed by atoms with van der Waals surface area (Å²) in [5, 5.41) is 10.5. The highest BCUT2D eigenvalue weighted by atomic mass is 15.1. The molecule has 3 N–H and O–H groups in total. The highest BCUT2D eigenvalue weighted by Gasteiger charge is 2.25. The molecule has 0 aromatic heterocycles. The standard InChI is InChI=1S/C17H34N4/c1-21(17-8-9-17)15-5-13-19-11-3-2-10-18-12-4-14-20-16-6-7-16/h2-3,16-20H,4-15H2,1H3/b3-2+. The molecule has 2 fully saturated rings. The number of rotatable bonds is 14. The molecule has 0 radical (unpaired) electrons. The van der Waals surface area contributed by atoms with Gasteiger partial charge in [-0.15, -0.1) is 0 Å². The second-order valence-corrected chi connectivity index (χ2v) is 6.53. The summed E-state index contributed by atoms with van der Waals surface area (Å²) in [7, 11) is 2.25. The van der Waals surface area contributed by atoms with Crippen molar-refractivity contribution in [3.05, 3.63) is 12.2 Å². The molecule has 0 atom stereocenters. The molecule has 2 aliphatic rings. The van der Waals surface area contributed by atoms with E-state index in [0.29, 0.717) is 0 Å². The number of hydrogen-bond donors (Lipinski definition) is 3. The van der Waals surface area contributed by atoms with Crippen LogP contribution in [0.3, 0.4) is 0 Å². The summed E-state index contributed by atoms with van der Waals surface area (Å²) in [4.78, 5) is 2.50. The monoisotopic (exact) mass is 294 g/mol. The smallest absolute Gasteiger partial charge is 0.0135 e. The van der Waals surface area contributed by atoms with E-state index in [1.165, 1.54) is 45.1 Å². The zero-order valence-electron chi connectivity index (χ0n) is 13.7. The average Bonchev–Trinajstić information content (AvgIpc) is 3.37. The summed E-state index contributed by atoms with van der Waals surface area (Å²) < 4.78 is 0. The van der Waals surface area contributed by atoms with E-state index in [0.717, 1.165) is 44.8 Å². The Bertz CT molecular complexity index is 285. The molecule has 0 aliphatic heterocycles. The zero-order valence-corrected chi connectivity index (χ0v) is 13.7. The van der Waals surface area contributed by atoms with Crippen LogP contribution >= 0.6 is 0 Å². The van der Waals surface area contributed by atoms with Crippen molar-refractivity contribution in [2.45, 2.75) is 50.6 Å². The van der Waals surface area contributed by atoms with E-state index < -0.39 is 0 Å². The maximum absolute atomic E-state index is 3.53. The summed E-state index contributed by atoms with van der Waals surface area (Å²) >= 11 is 0. The van der Waals surface area contributed by atoms with Gasteiger partial charge in [-0.25, -0.2) is 0 Å². The molecule has 4 heteroatoms. The van der Waals surface area contributed by atoms with Gasteiger partial charge < -0.3 is 20.9 Å². The number of nitrogens with zero attached hydrogens (tertiary/aromatic N) is 1. The second-order valence-electron chi connectivity index (χ2n) is 6.53. The van der Waals surface area contributed by atoms with Crippen LogP contribution in [-0.4, -0.2) is 63.3 Å². The molecule has 0 heterocycles. The topological polar surface area (TPSA) is 39.3 Å². The van der Waals surface area contributed by atoms with Gasteiger partial charge in [0, 0.05) is 25.2 Å². The van der Waals surface area contributed by atoms with E-state index >= 15 is 0 Å². The molecule has 122 valence electrons. The van der Waals surface area contributed by atoms with E-state index in [4.69, 9.17) is 0 Å². The van der Waals surface area contributed by atoms with Crippen LogP contribution in [0.1, 0.15) is 38.5 Å². The second kappa shape index (κ2) is 10.3. The van der Waals surface area contributed by atoms with Gasteiger partial charge >= 0.3 is 0 Å². The molecule has 0 aromatic carbocycles. The van der Waals surface area contributed by atoms with E-state index in [2.05, 4.69) is 40.0 Å². The summed E-state index contributed by atoms with van der Waals surface area (Å²) in [5.41, 5.74) is 0. The van der Waals surface area contributed by atoms with Crippen molar-refractivity contribution in [1.82, 2.24) is 20.9 Å². The Morgan fingerprint density at radius 3 is 2.19 bits per heavy atom. The normalized spacial score (nSPS) is 19.0. The minimum Gasteiger partial charge on any atom is -0.314 e. The molecule has 2 saturated carbocycles. The van der Waals surface area contributed by atoms with E-state index in [9.17, 15) is 0 Å². The SMILES string of the molecule is CN(CCCNC/C=C/CNCCCNC1CC1)C1CC1. The minimum atomic E-state index is 0.847. The summed E-state index contributed by atoms with van der Waals surface area (Å²) in [5.74, 6) is 0.